The van der Waals surface area contributed by atoms with Crippen LogP contribution in [0.2, 0.25) is 20.1 Å². The second kappa shape index (κ2) is 5.90. The highest BCUT2D eigenvalue weighted by Gasteiger charge is 2.12. The molecule has 0 aromatic heterocycles. The van der Waals surface area contributed by atoms with Crippen LogP contribution in [-0.2, 0) is 5.88 Å². The highest BCUT2D eigenvalue weighted by Crippen LogP contribution is 2.38. The van der Waals surface area contributed by atoms with Crippen molar-refractivity contribution in [3.63, 3.8) is 0 Å². The molecule has 0 nitrogen and oxygen atoms in total. The fourth-order valence-corrected chi connectivity index (χ4v) is 2.70. The van der Waals surface area contributed by atoms with E-state index in [-0.39, 0.29) is 0 Å². The minimum Gasteiger partial charge on any atom is -0.122 e. The highest BCUT2D eigenvalue weighted by molar-refractivity contribution is 6.44. The Hall–Kier alpha value is -0.110. The number of benzene rings is 2. The summed E-state index contributed by atoms with van der Waals surface area (Å²) in [5.74, 6) is 0.364. The Morgan fingerprint density at radius 2 is 1.39 bits per heavy atom. The molecule has 0 amide bonds. The Kier molecular flexibility index (Phi) is 4.69. The molecule has 0 bridgehead atoms. The lowest BCUT2D eigenvalue weighted by atomic mass is 10.0. The molecule has 0 fully saturated rings. The average molecular weight is 340 g/mol. The van der Waals surface area contributed by atoms with Crippen LogP contribution in [0.25, 0.3) is 11.1 Å². The van der Waals surface area contributed by atoms with Crippen LogP contribution < -0.4 is 0 Å². The van der Waals surface area contributed by atoms with E-state index < -0.39 is 0 Å². The summed E-state index contributed by atoms with van der Waals surface area (Å²) < 4.78 is 0. The first-order chi connectivity index (χ1) is 8.52. The Morgan fingerprint density at radius 3 is 2.06 bits per heavy atom. The predicted octanol–water partition coefficient (Wildman–Crippen LogP) is 6.71. The topological polar surface area (TPSA) is 0 Å². The Balaban J connectivity index is 2.68. The molecule has 0 aliphatic rings. The van der Waals surface area contributed by atoms with E-state index in [1.807, 2.05) is 12.1 Å². The standard InChI is InChI=1S/C13H7Cl5/c14-6-7-1-2-8(15)3-9(7)10-4-12(17)13(18)5-11(10)16/h1-5H,6H2. The number of hydrogen-bond acceptors (Lipinski definition) is 0. The van der Waals surface area contributed by atoms with Crippen LogP contribution in [-0.4, -0.2) is 0 Å². The molecule has 2 aromatic rings. The largest absolute Gasteiger partial charge is 0.122 e. The van der Waals surface area contributed by atoms with Crippen LogP contribution in [0, 0.1) is 0 Å². The van der Waals surface area contributed by atoms with Gasteiger partial charge in [-0.1, -0.05) is 52.5 Å². The molecule has 0 aliphatic carbocycles. The van der Waals surface area contributed by atoms with Crippen molar-refractivity contribution in [1.29, 1.82) is 0 Å². The van der Waals surface area contributed by atoms with Gasteiger partial charge in [-0.05, 0) is 35.4 Å². The summed E-state index contributed by atoms with van der Waals surface area (Å²) >= 11 is 30.0. The van der Waals surface area contributed by atoms with Crippen molar-refractivity contribution in [1.82, 2.24) is 0 Å². The third kappa shape index (κ3) is 2.89. The molecule has 0 saturated carbocycles. The second-order valence-electron chi connectivity index (χ2n) is 3.68. The molecule has 0 unspecified atom stereocenters. The van der Waals surface area contributed by atoms with Gasteiger partial charge in [0.1, 0.15) is 0 Å². The molecule has 0 saturated heterocycles. The van der Waals surface area contributed by atoms with Crippen molar-refractivity contribution >= 4 is 58.0 Å². The lowest BCUT2D eigenvalue weighted by molar-refractivity contribution is 1.40. The van der Waals surface area contributed by atoms with Gasteiger partial charge in [-0.15, -0.1) is 11.6 Å². The summed E-state index contributed by atoms with van der Waals surface area (Å²) in [5.41, 5.74) is 2.56. The minimum absolute atomic E-state index is 0.364. The van der Waals surface area contributed by atoms with Gasteiger partial charge in [0, 0.05) is 21.5 Å². The summed E-state index contributed by atoms with van der Waals surface area (Å²) in [4.78, 5) is 0. The van der Waals surface area contributed by atoms with Crippen molar-refractivity contribution in [2.75, 3.05) is 0 Å². The molecule has 0 heterocycles. The van der Waals surface area contributed by atoms with Gasteiger partial charge in [0.15, 0.2) is 0 Å². The molecule has 2 aromatic carbocycles. The van der Waals surface area contributed by atoms with Gasteiger partial charge in [0.05, 0.1) is 10.0 Å². The van der Waals surface area contributed by atoms with E-state index in [0.29, 0.717) is 26.0 Å². The zero-order chi connectivity index (χ0) is 13.3. The van der Waals surface area contributed by atoms with Crippen molar-refractivity contribution in [2.45, 2.75) is 5.88 Å². The normalized spacial score (nSPS) is 10.7. The van der Waals surface area contributed by atoms with Crippen LogP contribution in [0.3, 0.4) is 0 Å². The predicted molar refractivity (Wildman–Crippen MR) is 81.5 cm³/mol. The Morgan fingerprint density at radius 1 is 0.722 bits per heavy atom. The number of hydrogen-bond donors (Lipinski definition) is 0. The molecular formula is C13H7Cl5. The van der Waals surface area contributed by atoms with E-state index in [0.717, 1.165) is 16.7 Å². The van der Waals surface area contributed by atoms with E-state index in [1.165, 1.54) is 0 Å². The van der Waals surface area contributed by atoms with Crippen molar-refractivity contribution in [3.8, 4) is 11.1 Å². The fraction of sp³-hybridized carbons (Fsp3) is 0.0769. The molecule has 0 atom stereocenters. The van der Waals surface area contributed by atoms with Gasteiger partial charge in [-0.2, -0.15) is 0 Å². The molecule has 2 rings (SSSR count). The van der Waals surface area contributed by atoms with Crippen LogP contribution >= 0.6 is 58.0 Å². The monoisotopic (exact) mass is 338 g/mol. The second-order valence-corrected chi connectivity index (χ2v) is 5.61. The van der Waals surface area contributed by atoms with Crippen molar-refractivity contribution < 1.29 is 0 Å². The highest BCUT2D eigenvalue weighted by atomic mass is 35.5. The molecule has 94 valence electrons. The quantitative estimate of drug-likeness (QED) is 0.421. The zero-order valence-electron chi connectivity index (χ0n) is 8.98. The van der Waals surface area contributed by atoms with Gasteiger partial charge in [0.25, 0.3) is 0 Å². The third-order valence-corrected chi connectivity index (χ3v) is 4.07. The van der Waals surface area contributed by atoms with Gasteiger partial charge in [-0.25, -0.2) is 0 Å². The van der Waals surface area contributed by atoms with Crippen LogP contribution in [0.15, 0.2) is 30.3 Å². The maximum Gasteiger partial charge on any atom is 0.0607 e. The number of halogens is 5. The van der Waals surface area contributed by atoms with Gasteiger partial charge in [-0.3, -0.25) is 0 Å². The summed E-state index contributed by atoms with van der Waals surface area (Å²) in [6, 6.07) is 8.79. The van der Waals surface area contributed by atoms with Crippen LogP contribution in [0.1, 0.15) is 5.56 Å². The molecular weight excluding hydrogens is 333 g/mol. The van der Waals surface area contributed by atoms with E-state index >= 15 is 0 Å². The fourth-order valence-electron chi connectivity index (χ4n) is 1.64. The van der Waals surface area contributed by atoms with Gasteiger partial charge < -0.3 is 0 Å². The summed E-state index contributed by atoms with van der Waals surface area (Å²) in [5, 5.41) is 1.98. The zero-order valence-corrected chi connectivity index (χ0v) is 12.8. The maximum atomic E-state index is 6.19. The average Bonchev–Trinajstić information content (AvgIpc) is 2.34. The third-order valence-electron chi connectivity index (χ3n) is 2.52. The maximum absolute atomic E-state index is 6.19. The molecule has 0 spiro atoms. The first-order valence-corrected chi connectivity index (χ1v) is 7.07. The van der Waals surface area contributed by atoms with Crippen molar-refractivity contribution in [3.05, 3.63) is 56.0 Å². The smallest absolute Gasteiger partial charge is 0.0607 e. The molecule has 0 N–H and O–H groups in total. The lowest BCUT2D eigenvalue weighted by Crippen LogP contribution is -1.88. The van der Waals surface area contributed by atoms with Crippen LogP contribution in [0.5, 0.6) is 0 Å². The Bertz CT molecular complexity index is 592. The van der Waals surface area contributed by atoms with E-state index in [4.69, 9.17) is 58.0 Å². The SMILES string of the molecule is ClCc1ccc(Cl)cc1-c1cc(Cl)c(Cl)cc1Cl. The Labute approximate surface area is 130 Å². The first-order valence-electron chi connectivity index (χ1n) is 5.02. The summed E-state index contributed by atoms with van der Waals surface area (Å²) in [6.45, 7) is 0. The molecule has 18 heavy (non-hydrogen) atoms. The molecule has 5 heteroatoms. The number of alkyl halides is 1. The van der Waals surface area contributed by atoms with E-state index in [1.54, 1.807) is 18.2 Å². The van der Waals surface area contributed by atoms with Crippen molar-refractivity contribution in [2.24, 2.45) is 0 Å². The van der Waals surface area contributed by atoms with Gasteiger partial charge in [0.2, 0.25) is 0 Å². The summed E-state index contributed by atoms with van der Waals surface area (Å²) in [7, 11) is 0. The molecule has 0 aliphatic heterocycles. The molecule has 0 radical (unpaired) electrons. The summed E-state index contributed by atoms with van der Waals surface area (Å²) in [6.07, 6.45) is 0. The van der Waals surface area contributed by atoms with Crippen LogP contribution in [0.4, 0.5) is 0 Å². The minimum atomic E-state index is 0.364. The van der Waals surface area contributed by atoms with Gasteiger partial charge >= 0.3 is 0 Å². The van der Waals surface area contributed by atoms with E-state index in [9.17, 15) is 0 Å². The first kappa shape index (κ1) is 14.3. The lowest BCUT2D eigenvalue weighted by Gasteiger charge is -2.11. The number of rotatable bonds is 2. The van der Waals surface area contributed by atoms with E-state index in [2.05, 4.69) is 0 Å².